The first-order valence-corrected chi connectivity index (χ1v) is 4.40. The third-order valence-electron chi connectivity index (χ3n) is 1.91. The summed E-state index contributed by atoms with van der Waals surface area (Å²) in [7, 11) is 0. The van der Waals surface area contributed by atoms with Crippen molar-refractivity contribution in [1.29, 1.82) is 0 Å². The lowest BCUT2D eigenvalue weighted by Crippen LogP contribution is -2.06. The third kappa shape index (κ3) is 1.68. The van der Waals surface area contributed by atoms with E-state index in [2.05, 4.69) is 15.2 Å². The zero-order valence-corrected chi connectivity index (χ0v) is 7.41. The highest BCUT2D eigenvalue weighted by atomic mass is 16.5. The molecule has 0 spiro atoms. The molecule has 1 aliphatic carbocycles. The van der Waals surface area contributed by atoms with Gasteiger partial charge < -0.3 is 4.74 Å². The molecule has 0 unspecified atom stereocenters. The summed E-state index contributed by atoms with van der Waals surface area (Å²) >= 11 is 0. The van der Waals surface area contributed by atoms with E-state index in [0.717, 1.165) is 18.7 Å². The lowest BCUT2D eigenvalue weighted by atomic mass is 10.4. The van der Waals surface area contributed by atoms with Crippen molar-refractivity contribution >= 4 is 5.97 Å². The molecule has 5 heteroatoms. The van der Waals surface area contributed by atoms with Gasteiger partial charge in [0, 0.05) is 5.92 Å². The second-order valence-electron chi connectivity index (χ2n) is 3.04. The van der Waals surface area contributed by atoms with Crippen molar-refractivity contribution in [2.24, 2.45) is 0 Å². The van der Waals surface area contributed by atoms with Gasteiger partial charge >= 0.3 is 5.97 Å². The highest BCUT2D eigenvalue weighted by Gasteiger charge is 2.28. The maximum absolute atomic E-state index is 11.1. The van der Waals surface area contributed by atoms with Gasteiger partial charge in [-0.25, -0.2) is 9.78 Å². The molecular formula is C8H11N3O2. The van der Waals surface area contributed by atoms with Crippen LogP contribution in [0.1, 0.15) is 42.1 Å². The number of hydrogen-bond donors (Lipinski definition) is 1. The lowest BCUT2D eigenvalue weighted by Gasteiger charge is -1.94. The standard InChI is InChI=1S/C8H11N3O2/c1-2-13-8(12)7-9-6(10-11-7)5-3-4-5/h5H,2-4H2,1H3,(H,9,10,11). The number of carbonyl (C=O) groups is 1. The number of esters is 1. The Bertz CT molecular complexity index is 317. The lowest BCUT2D eigenvalue weighted by molar-refractivity contribution is 0.0512. The Hall–Kier alpha value is -1.39. The van der Waals surface area contributed by atoms with E-state index in [-0.39, 0.29) is 5.82 Å². The molecule has 70 valence electrons. The largest absolute Gasteiger partial charge is 0.460 e. The Labute approximate surface area is 75.5 Å². The highest BCUT2D eigenvalue weighted by molar-refractivity contribution is 5.84. The summed E-state index contributed by atoms with van der Waals surface area (Å²) in [6, 6.07) is 0. The monoisotopic (exact) mass is 181 g/mol. The van der Waals surface area contributed by atoms with Crippen LogP contribution >= 0.6 is 0 Å². The molecule has 2 rings (SSSR count). The van der Waals surface area contributed by atoms with Crippen molar-refractivity contribution in [2.75, 3.05) is 6.61 Å². The molecule has 13 heavy (non-hydrogen) atoms. The van der Waals surface area contributed by atoms with Crippen molar-refractivity contribution in [3.05, 3.63) is 11.6 Å². The number of H-pyrrole nitrogens is 1. The van der Waals surface area contributed by atoms with E-state index in [0.29, 0.717) is 12.5 Å². The minimum absolute atomic E-state index is 0.212. The van der Waals surface area contributed by atoms with Gasteiger partial charge in [0.05, 0.1) is 6.61 Å². The number of nitrogens with one attached hydrogen (secondary N) is 1. The normalized spacial score (nSPS) is 15.8. The van der Waals surface area contributed by atoms with E-state index in [9.17, 15) is 4.79 Å². The average Bonchev–Trinajstić information content (AvgIpc) is 2.84. The molecule has 1 aromatic rings. The summed E-state index contributed by atoms with van der Waals surface area (Å²) in [6.45, 7) is 2.12. The summed E-state index contributed by atoms with van der Waals surface area (Å²) in [4.78, 5) is 15.2. The molecule has 1 saturated carbocycles. The Balaban J connectivity index is 2.07. The molecule has 1 aromatic heterocycles. The molecule has 0 aliphatic heterocycles. The second kappa shape index (κ2) is 3.16. The average molecular weight is 181 g/mol. The molecule has 5 nitrogen and oxygen atoms in total. The molecule has 0 amide bonds. The predicted molar refractivity (Wildman–Crippen MR) is 44.3 cm³/mol. The van der Waals surface area contributed by atoms with Crippen LogP contribution in [-0.4, -0.2) is 27.8 Å². The number of carbonyl (C=O) groups excluding carboxylic acids is 1. The molecular weight excluding hydrogens is 170 g/mol. The quantitative estimate of drug-likeness (QED) is 0.702. The summed E-state index contributed by atoms with van der Waals surface area (Å²) in [5, 5.41) is 6.52. The van der Waals surface area contributed by atoms with Gasteiger partial charge in [-0.15, -0.1) is 0 Å². The van der Waals surface area contributed by atoms with Gasteiger partial charge in [0.25, 0.3) is 0 Å². The summed E-state index contributed by atoms with van der Waals surface area (Å²) in [6.07, 6.45) is 2.25. The maximum Gasteiger partial charge on any atom is 0.375 e. The van der Waals surface area contributed by atoms with Crippen molar-refractivity contribution in [3.63, 3.8) is 0 Å². The number of rotatable bonds is 3. The van der Waals surface area contributed by atoms with Crippen LogP contribution in [0.15, 0.2) is 0 Å². The highest BCUT2D eigenvalue weighted by Crippen LogP contribution is 2.37. The smallest absolute Gasteiger partial charge is 0.375 e. The Morgan fingerprint density at radius 2 is 2.46 bits per heavy atom. The van der Waals surface area contributed by atoms with Crippen LogP contribution in [0.3, 0.4) is 0 Å². The first-order chi connectivity index (χ1) is 6.31. The minimum Gasteiger partial charge on any atom is -0.460 e. The summed E-state index contributed by atoms with van der Waals surface area (Å²) < 4.78 is 4.77. The molecule has 1 fully saturated rings. The Morgan fingerprint density at radius 3 is 3.08 bits per heavy atom. The zero-order chi connectivity index (χ0) is 9.26. The molecule has 0 atom stereocenters. The number of aromatic amines is 1. The van der Waals surface area contributed by atoms with Crippen molar-refractivity contribution < 1.29 is 9.53 Å². The fraction of sp³-hybridized carbons (Fsp3) is 0.625. The van der Waals surface area contributed by atoms with Crippen LogP contribution < -0.4 is 0 Å². The summed E-state index contributed by atoms with van der Waals surface area (Å²) in [5.74, 6) is 0.980. The van der Waals surface area contributed by atoms with E-state index in [1.807, 2.05) is 0 Å². The molecule has 0 saturated heterocycles. The van der Waals surface area contributed by atoms with Crippen LogP contribution in [0.5, 0.6) is 0 Å². The topological polar surface area (TPSA) is 67.9 Å². The number of hydrogen-bond acceptors (Lipinski definition) is 4. The van der Waals surface area contributed by atoms with E-state index >= 15 is 0 Å². The van der Waals surface area contributed by atoms with Gasteiger partial charge in [-0.1, -0.05) is 0 Å². The van der Waals surface area contributed by atoms with Gasteiger partial charge in [0.15, 0.2) is 5.82 Å². The fourth-order valence-electron chi connectivity index (χ4n) is 1.09. The SMILES string of the molecule is CCOC(=O)c1nc(C2CC2)n[nH]1. The van der Waals surface area contributed by atoms with Gasteiger partial charge in [-0.3, -0.25) is 5.10 Å². The number of ether oxygens (including phenoxy) is 1. The Kier molecular flexibility index (Phi) is 2.00. The zero-order valence-electron chi connectivity index (χ0n) is 7.41. The van der Waals surface area contributed by atoms with Gasteiger partial charge in [0.2, 0.25) is 5.82 Å². The maximum atomic E-state index is 11.1. The summed E-state index contributed by atoms with van der Waals surface area (Å²) in [5.41, 5.74) is 0. The van der Waals surface area contributed by atoms with Crippen LogP contribution in [0.2, 0.25) is 0 Å². The van der Waals surface area contributed by atoms with Crippen molar-refractivity contribution in [3.8, 4) is 0 Å². The van der Waals surface area contributed by atoms with Gasteiger partial charge in [0.1, 0.15) is 0 Å². The minimum atomic E-state index is -0.429. The first kappa shape index (κ1) is 8.22. The van der Waals surface area contributed by atoms with E-state index in [1.165, 1.54) is 0 Å². The molecule has 0 radical (unpaired) electrons. The molecule has 1 N–H and O–H groups in total. The van der Waals surface area contributed by atoms with E-state index in [1.54, 1.807) is 6.92 Å². The van der Waals surface area contributed by atoms with Crippen LogP contribution in [0, 0.1) is 0 Å². The molecule has 0 aromatic carbocycles. The predicted octanol–water partition coefficient (Wildman–Crippen LogP) is 0.859. The second-order valence-corrected chi connectivity index (χ2v) is 3.04. The van der Waals surface area contributed by atoms with Crippen LogP contribution in [-0.2, 0) is 4.74 Å². The Morgan fingerprint density at radius 1 is 1.69 bits per heavy atom. The van der Waals surface area contributed by atoms with E-state index < -0.39 is 5.97 Å². The van der Waals surface area contributed by atoms with Crippen LogP contribution in [0.4, 0.5) is 0 Å². The van der Waals surface area contributed by atoms with Gasteiger partial charge in [-0.05, 0) is 19.8 Å². The number of nitrogens with zero attached hydrogens (tertiary/aromatic N) is 2. The third-order valence-corrected chi connectivity index (χ3v) is 1.91. The number of aromatic nitrogens is 3. The molecule has 0 bridgehead atoms. The first-order valence-electron chi connectivity index (χ1n) is 4.40. The van der Waals surface area contributed by atoms with Crippen LogP contribution in [0.25, 0.3) is 0 Å². The fourth-order valence-corrected chi connectivity index (χ4v) is 1.09. The van der Waals surface area contributed by atoms with Crippen molar-refractivity contribution in [2.45, 2.75) is 25.7 Å². The molecule has 1 heterocycles. The van der Waals surface area contributed by atoms with Gasteiger partial charge in [-0.2, -0.15) is 5.10 Å². The van der Waals surface area contributed by atoms with E-state index in [4.69, 9.17) is 4.74 Å². The molecule has 1 aliphatic rings. The van der Waals surface area contributed by atoms with Crippen molar-refractivity contribution in [1.82, 2.24) is 15.2 Å².